The van der Waals surface area contributed by atoms with Gasteiger partial charge in [0.2, 0.25) is 0 Å². The number of benzene rings is 1. The number of amides is 2. The summed E-state index contributed by atoms with van der Waals surface area (Å²) in [5.41, 5.74) is 4.86. The van der Waals surface area contributed by atoms with Gasteiger partial charge in [-0.05, 0) is 25.2 Å². The molecule has 1 aromatic heterocycles. The largest absolute Gasteiger partial charge is 0.338 e. The molecule has 8 nitrogen and oxygen atoms in total. The average Bonchev–Trinajstić information content (AvgIpc) is 2.79. The minimum atomic E-state index is -0.270. The van der Waals surface area contributed by atoms with Gasteiger partial charge in [0.25, 0.3) is 11.8 Å². The molecule has 134 valence electrons. The number of hydrogen-bond acceptors (Lipinski definition) is 6. The van der Waals surface area contributed by atoms with Crippen LogP contribution in [0.5, 0.6) is 0 Å². The van der Waals surface area contributed by atoms with Gasteiger partial charge in [-0.1, -0.05) is 12.1 Å². The highest BCUT2D eigenvalue weighted by Gasteiger charge is 2.25. The predicted octanol–water partition coefficient (Wildman–Crippen LogP) is 1.28. The zero-order chi connectivity index (χ0) is 18.1. The summed E-state index contributed by atoms with van der Waals surface area (Å²) in [5.74, 6) is -0.0796. The van der Waals surface area contributed by atoms with Crippen molar-refractivity contribution in [2.24, 2.45) is 0 Å². The number of piperazine rings is 1. The number of carbonyl (C=O) groups is 2. The Morgan fingerprint density at radius 2 is 1.88 bits per heavy atom. The molecule has 26 heavy (non-hydrogen) atoms. The Morgan fingerprint density at radius 1 is 1.12 bits per heavy atom. The molecule has 0 unspecified atom stereocenters. The summed E-state index contributed by atoms with van der Waals surface area (Å²) in [5, 5.41) is 7.86. The molecular formula is C18H20N6O2. The first-order valence-corrected chi connectivity index (χ1v) is 8.53. The summed E-state index contributed by atoms with van der Waals surface area (Å²) >= 11 is 0. The van der Waals surface area contributed by atoms with E-state index < -0.39 is 0 Å². The molecule has 2 aromatic rings. The summed E-state index contributed by atoms with van der Waals surface area (Å²) in [7, 11) is 2.06. The Labute approximate surface area is 151 Å². The molecule has 0 bridgehead atoms. The molecule has 2 aliphatic rings. The number of carbonyl (C=O) groups excluding carboxylic acids is 2. The second kappa shape index (κ2) is 6.74. The molecule has 4 rings (SSSR count). The van der Waals surface area contributed by atoms with Crippen molar-refractivity contribution >= 4 is 29.0 Å². The number of pyridine rings is 1. The molecule has 0 saturated carbocycles. The lowest BCUT2D eigenvalue weighted by Crippen LogP contribution is -2.52. The number of aromatic nitrogens is 1. The van der Waals surface area contributed by atoms with Crippen LogP contribution >= 0.6 is 0 Å². The van der Waals surface area contributed by atoms with Gasteiger partial charge in [0.05, 0.1) is 22.5 Å². The van der Waals surface area contributed by atoms with E-state index in [-0.39, 0.29) is 11.8 Å². The molecule has 8 heteroatoms. The van der Waals surface area contributed by atoms with E-state index in [9.17, 15) is 9.59 Å². The van der Waals surface area contributed by atoms with Crippen molar-refractivity contribution in [1.82, 2.24) is 20.3 Å². The Bertz CT molecular complexity index is 861. The van der Waals surface area contributed by atoms with Gasteiger partial charge >= 0.3 is 0 Å². The first-order valence-electron chi connectivity index (χ1n) is 8.53. The normalized spacial score (nSPS) is 17.3. The van der Waals surface area contributed by atoms with Crippen LogP contribution in [0.25, 0.3) is 0 Å². The summed E-state index contributed by atoms with van der Waals surface area (Å²) < 4.78 is 0. The third kappa shape index (κ3) is 3.12. The maximum absolute atomic E-state index is 12.8. The Morgan fingerprint density at radius 3 is 2.69 bits per heavy atom. The van der Waals surface area contributed by atoms with E-state index in [2.05, 4.69) is 33.0 Å². The number of nitrogens with one attached hydrogen (secondary N) is 3. The van der Waals surface area contributed by atoms with Gasteiger partial charge in [0.15, 0.2) is 5.82 Å². The molecule has 2 aliphatic heterocycles. The van der Waals surface area contributed by atoms with Gasteiger partial charge in [0.1, 0.15) is 0 Å². The van der Waals surface area contributed by atoms with E-state index >= 15 is 0 Å². The van der Waals surface area contributed by atoms with Gasteiger partial charge in [-0.2, -0.15) is 0 Å². The van der Waals surface area contributed by atoms with E-state index in [0.717, 1.165) is 26.2 Å². The molecule has 3 N–H and O–H groups in total. The molecule has 0 radical (unpaired) electrons. The Hall–Kier alpha value is -2.97. The van der Waals surface area contributed by atoms with Crippen molar-refractivity contribution < 1.29 is 9.59 Å². The third-order valence-corrected chi connectivity index (χ3v) is 4.62. The fourth-order valence-corrected chi connectivity index (χ4v) is 3.09. The van der Waals surface area contributed by atoms with Crippen LogP contribution in [-0.4, -0.2) is 59.9 Å². The van der Waals surface area contributed by atoms with Gasteiger partial charge in [-0.25, -0.2) is 9.99 Å². The van der Waals surface area contributed by atoms with Crippen LogP contribution in [0.3, 0.4) is 0 Å². The topological polar surface area (TPSA) is 89.6 Å². The first kappa shape index (κ1) is 16.5. The third-order valence-electron chi connectivity index (χ3n) is 4.62. The summed E-state index contributed by atoms with van der Waals surface area (Å²) in [6.07, 6.45) is 1.56. The molecule has 0 aliphatic carbocycles. The quantitative estimate of drug-likeness (QED) is 0.755. The number of hydrazine groups is 1. The van der Waals surface area contributed by atoms with Crippen molar-refractivity contribution in [3.8, 4) is 0 Å². The minimum Gasteiger partial charge on any atom is -0.338 e. The van der Waals surface area contributed by atoms with Crippen LogP contribution in [-0.2, 0) is 0 Å². The monoisotopic (exact) mass is 352 g/mol. The predicted molar refractivity (Wildman–Crippen MR) is 98.5 cm³/mol. The number of anilines is 3. The van der Waals surface area contributed by atoms with Gasteiger partial charge in [0, 0.05) is 32.4 Å². The fourth-order valence-electron chi connectivity index (χ4n) is 3.09. The van der Waals surface area contributed by atoms with Crippen molar-refractivity contribution in [3.63, 3.8) is 0 Å². The van der Waals surface area contributed by atoms with E-state index in [1.54, 1.807) is 24.4 Å². The molecule has 1 saturated heterocycles. The van der Waals surface area contributed by atoms with Crippen LogP contribution in [0, 0.1) is 0 Å². The highest BCUT2D eigenvalue weighted by atomic mass is 16.2. The van der Waals surface area contributed by atoms with E-state index in [1.807, 2.05) is 17.1 Å². The van der Waals surface area contributed by atoms with Crippen LogP contribution < -0.4 is 16.1 Å². The zero-order valence-corrected chi connectivity index (χ0v) is 14.5. The molecule has 1 fully saturated rings. The molecular weight excluding hydrogens is 332 g/mol. The SMILES string of the molecule is CN1CCN(NC(=O)c2ccnc3c2NC(=O)c2ccccc2N3)CC1. The highest BCUT2D eigenvalue weighted by Crippen LogP contribution is 2.32. The number of hydrogen-bond donors (Lipinski definition) is 3. The summed E-state index contributed by atoms with van der Waals surface area (Å²) in [6.45, 7) is 3.29. The van der Waals surface area contributed by atoms with E-state index in [1.165, 1.54) is 0 Å². The Kier molecular flexibility index (Phi) is 4.27. The van der Waals surface area contributed by atoms with Crippen molar-refractivity contribution in [2.45, 2.75) is 0 Å². The number of nitrogens with zero attached hydrogens (tertiary/aromatic N) is 3. The maximum Gasteiger partial charge on any atom is 0.267 e. The number of likely N-dealkylation sites (N-methyl/N-ethyl adjacent to an activating group) is 1. The number of fused-ring (bicyclic) bond motifs is 2. The van der Waals surface area contributed by atoms with Crippen LogP contribution in [0.15, 0.2) is 36.5 Å². The molecule has 1 aromatic carbocycles. The molecule has 0 spiro atoms. The second-order valence-corrected chi connectivity index (χ2v) is 6.44. The van der Waals surface area contributed by atoms with Crippen molar-refractivity contribution in [1.29, 1.82) is 0 Å². The van der Waals surface area contributed by atoms with Gasteiger partial charge < -0.3 is 15.5 Å². The molecule has 3 heterocycles. The number of para-hydroxylation sites is 1. The Balaban J connectivity index is 1.61. The summed E-state index contributed by atoms with van der Waals surface area (Å²) in [6, 6.07) is 8.79. The molecule has 0 atom stereocenters. The lowest BCUT2D eigenvalue weighted by molar-refractivity contribution is 0.0663. The minimum absolute atomic E-state index is 0.263. The maximum atomic E-state index is 12.8. The standard InChI is InChI=1S/C18H20N6O2/c1-23-8-10-24(11-9-23)22-18(26)13-6-7-19-16-15(13)21-17(25)12-4-2-3-5-14(12)20-16/h2-7H,8-11H2,1H3,(H,19,20)(H,21,25)(H,22,26). The first-order chi connectivity index (χ1) is 12.6. The second-order valence-electron chi connectivity index (χ2n) is 6.44. The smallest absolute Gasteiger partial charge is 0.267 e. The fraction of sp³-hybridized carbons (Fsp3) is 0.278. The van der Waals surface area contributed by atoms with Crippen LogP contribution in [0.4, 0.5) is 17.2 Å². The van der Waals surface area contributed by atoms with Crippen LogP contribution in [0.2, 0.25) is 0 Å². The van der Waals surface area contributed by atoms with E-state index in [0.29, 0.717) is 28.3 Å². The lowest BCUT2D eigenvalue weighted by Gasteiger charge is -2.32. The lowest BCUT2D eigenvalue weighted by atomic mass is 10.1. The zero-order valence-electron chi connectivity index (χ0n) is 14.5. The molecule has 2 amide bonds. The van der Waals surface area contributed by atoms with Crippen molar-refractivity contribution in [2.75, 3.05) is 43.9 Å². The summed E-state index contributed by atoms with van der Waals surface area (Å²) in [4.78, 5) is 31.8. The van der Waals surface area contributed by atoms with Crippen molar-refractivity contribution in [3.05, 3.63) is 47.7 Å². The average molecular weight is 352 g/mol. The van der Waals surface area contributed by atoms with Gasteiger partial charge in [-0.3, -0.25) is 15.0 Å². The van der Waals surface area contributed by atoms with Gasteiger partial charge in [-0.15, -0.1) is 0 Å². The van der Waals surface area contributed by atoms with Crippen LogP contribution in [0.1, 0.15) is 20.7 Å². The van der Waals surface area contributed by atoms with E-state index in [4.69, 9.17) is 0 Å². The number of rotatable bonds is 2. The highest BCUT2D eigenvalue weighted by molar-refractivity contribution is 6.15.